The van der Waals surface area contributed by atoms with Gasteiger partial charge in [0.15, 0.2) is 10.2 Å². The Morgan fingerprint density at radius 2 is 1.12 bits per heavy atom. The number of hydrogen-bond donors (Lipinski definition) is 2. The summed E-state index contributed by atoms with van der Waals surface area (Å²) in [5, 5.41) is 10.3. The van der Waals surface area contributed by atoms with Crippen molar-refractivity contribution in [3.05, 3.63) is 0 Å². The van der Waals surface area contributed by atoms with Crippen LogP contribution in [0.5, 0.6) is 0 Å². The van der Waals surface area contributed by atoms with Crippen LogP contribution in [0.3, 0.4) is 0 Å². The summed E-state index contributed by atoms with van der Waals surface area (Å²) >= 11 is 10.9. The van der Waals surface area contributed by atoms with E-state index in [0.29, 0.717) is 36.7 Å². The number of thiocarbonyl (C=S) groups is 2. The smallest absolute Gasteiger partial charge is 0.189 e. The van der Waals surface area contributed by atoms with Gasteiger partial charge >= 0.3 is 0 Å². The van der Waals surface area contributed by atoms with E-state index in [9.17, 15) is 0 Å². The van der Waals surface area contributed by atoms with E-state index in [1.807, 2.05) is 0 Å². The molecule has 2 saturated heterocycles. The van der Waals surface area contributed by atoms with E-state index in [0.717, 1.165) is 63.3 Å². The average Bonchev–Trinajstić information content (AvgIpc) is 2.72. The molecular weight excluding hydrogens is 372 g/mol. The molecule has 8 nitrogen and oxygen atoms in total. The van der Waals surface area contributed by atoms with Crippen molar-refractivity contribution in [1.82, 2.24) is 20.7 Å². The van der Waals surface area contributed by atoms with Crippen molar-refractivity contribution in [2.24, 2.45) is 10.2 Å². The van der Waals surface area contributed by atoms with Gasteiger partial charge in [0.05, 0.1) is 37.9 Å². The minimum absolute atomic E-state index is 0.641. The molecule has 0 spiro atoms. The molecule has 3 rings (SSSR count). The topological polar surface area (TPSA) is 73.7 Å². The van der Waals surface area contributed by atoms with Gasteiger partial charge in [-0.25, -0.2) is 0 Å². The molecule has 0 unspecified atom stereocenters. The molecule has 2 aliphatic heterocycles. The molecule has 2 heterocycles. The van der Waals surface area contributed by atoms with Crippen LogP contribution in [0.2, 0.25) is 0 Å². The Labute approximate surface area is 164 Å². The first-order valence-corrected chi connectivity index (χ1v) is 9.94. The molecule has 0 aromatic rings. The van der Waals surface area contributed by atoms with Gasteiger partial charge in [0, 0.05) is 26.2 Å². The van der Waals surface area contributed by atoms with Gasteiger partial charge in [-0.2, -0.15) is 10.2 Å². The highest BCUT2D eigenvalue weighted by molar-refractivity contribution is 7.80. The van der Waals surface area contributed by atoms with Crippen molar-refractivity contribution in [3.8, 4) is 0 Å². The minimum Gasteiger partial charge on any atom is -0.378 e. The molecule has 26 heavy (non-hydrogen) atoms. The summed E-state index contributed by atoms with van der Waals surface area (Å²) in [6.45, 7) is 6.00. The predicted molar refractivity (Wildman–Crippen MR) is 110 cm³/mol. The highest BCUT2D eigenvalue weighted by atomic mass is 32.1. The Bertz CT molecular complexity index is 521. The van der Waals surface area contributed by atoms with Gasteiger partial charge in [-0.15, -0.1) is 0 Å². The van der Waals surface area contributed by atoms with Gasteiger partial charge in [-0.05, 0) is 50.1 Å². The van der Waals surface area contributed by atoms with Crippen molar-refractivity contribution < 1.29 is 9.47 Å². The molecule has 3 aliphatic rings. The first-order chi connectivity index (χ1) is 12.7. The zero-order chi connectivity index (χ0) is 18.2. The Hall–Kier alpha value is -1.36. The zero-order valence-electron chi connectivity index (χ0n) is 14.9. The first kappa shape index (κ1) is 19.4. The Morgan fingerprint density at radius 3 is 1.50 bits per heavy atom. The molecule has 0 bridgehead atoms. The lowest BCUT2D eigenvalue weighted by Gasteiger charge is -2.29. The maximum atomic E-state index is 5.43. The van der Waals surface area contributed by atoms with Crippen LogP contribution in [0.25, 0.3) is 0 Å². The molecule has 1 aliphatic carbocycles. The summed E-state index contributed by atoms with van der Waals surface area (Å²) in [6, 6.07) is 0. The average molecular weight is 399 g/mol. The molecule has 0 aromatic heterocycles. The summed E-state index contributed by atoms with van der Waals surface area (Å²) in [7, 11) is 0. The number of rotatable bonds is 2. The summed E-state index contributed by atoms with van der Waals surface area (Å²) in [4.78, 5) is 4.16. The van der Waals surface area contributed by atoms with Gasteiger partial charge in [0.25, 0.3) is 0 Å². The standard InChI is InChI=1S/C16H26N6O2S2/c25-15(21-5-9-23-10-6-21)19-17-13-3-1-2-4-14(13)18-20-16(26)22-7-11-24-12-8-22/h1-12H2,(H,19,25)(H,20,26)/b17-13-,18-14-. The number of morpholine rings is 2. The fraction of sp³-hybridized carbons (Fsp3) is 0.750. The van der Waals surface area contributed by atoms with Crippen molar-refractivity contribution in [3.63, 3.8) is 0 Å². The van der Waals surface area contributed by atoms with Crippen LogP contribution in [0.15, 0.2) is 10.2 Å². The van der Waals surface area contributed by atoms with Crippen LogP contribution in [0.4, 0.5) is 0 Å². The Balaban J connectivity index is 1.55. The number of hydrogen-bond acceptors (Lipinski definition) is 6. The lowest BCUT2D eigenvalue weighted by Crippen LogP contribution is -2.45. The molecule has 3 fully saturated rings. The van der Waals surface area contributed by atoms with E-state index < -0.39 is 0 Å². The quantitative estimate of drug-likeness (QED) is 0.520. The number of hydrazone groups is 2. The monoisotopic (exact) mass is 398 g/mol. The van der Waals surface area contributed by atoms with Crippen LogP contribution in [-0.2, 0) is 9.47 Å². The lowest BCUT2D eigenvalue weighted by atomic mass is 9.96. The molecule has 0 aromatic carbocycles. The van der Waals surface area contributed by atoms with Gasteiger partial charge in [0.1, 0.15) is 0 Å². The normalized spacial score (nSPS) is 24.6. The summed E-state index contributed by atoms with van der Waals surface area (Å²) in [5.74, 6) is 0. The van der Waals surface area contributed by atoms with Crippen LogP contribution in [0.1, 0.15) is 25.7 Å². The second-order valence-electron chi connectivity index (χ2n) is 6.36. The van der Waals surface area contributed by atoms with E-state index in [-0.39, 0.29) is 0 Å². The summed E-state index contributed by atoms with van der Waals surface area (Å²) in [6.07, 6.45) is 4.00. The summed E-state index contributed by atoms with van der Waals surface area (Å²) in [5.41, 5.74) is 7.95. The van der Waals surface area contributed by atoms with Gasteiger partial charge < -0.3 is 19.3 Å². The maximum absolute atomic E-state index is 5.43. The fourth-order valence-corrected chi connectivity index (χ4v) is 3.48. The molecule has 0 atom stereocenters. The molecule has 144 valence electrons. The summed E-state index contributed by atoms with van der Waals surface area (Å²) < 4.78 is 10.7. The maximum Gasteiger partial charge on any atom is 0.189 e. The van der Waals surface area contributed by atoms with Crippen molar-refractivity contribution in [2.45, 2.75) is 25.7 Å². The molecule has 1 saturated carbocycles. The molecule has 0 radical (unpaired) electrons. The Kier molecular flexibility index (Phi) is 7.54. The van der Waals surface area contributed by atoms with E-state index in [1.165, 1.54) is 0 Å². The molecular formula is C16H26N6O2S2. The minimum atomic E-state index is 0.641. The van der Waals surface area contributed by atoms with Crippen LogP contribution >= 0.6 is 24.4 Å². The first-order valence-electron chi connectivity index (χ1n) is 9.13. The van der Waals surface area contributed by atoms with E-state index in [2.05, 4.69) is 30.9 Å². The molecule has 0 amide bonds. The third-order valence-electron chi connectivity index (χ3n) is 4.58. The Morgan fingerprint density at radius 1 is 0.731 bits per heavy atom. The van der Waals surface area contributed by atoms with Crippen molar-refractivity contribution >= 4 is 46.1 Å². The van der Waals surface area contributed by atoms with Gasteiger partial charge in [-0.1, -0.05) is 0 Å². The zero-order valence-corrected chi connectivity index (χ0v) is 16.5. The van der Waals surface area contributed by atoms with E-state index in [4.69, 9.17) is 33.9 Å². The lowest BCUT2D eigenvalue weighted by molar-refractivity contribution is 0.0677. The molecule has 10 heteroatoms. The third kappa shape index (κ3) is 5.57. The van der Waals surface area contributed by atoms with E-state index in [1.54, 1.807) is 0 Å². The highest BCUT2D eigenvalue weighted by Crippen LogP contribution is 2.13. The van der Waals surface area contributed by atoms with Crippen LogP contribution < -0.4 is 10.9 Å². The highest BCUT2D eigenvalue weighted by Gasteiger charge is 2.18. The molecule has 2 N–H and O–H groups in total. The number of ether oxygens (including phenoxy) is 2. The largest absolute Gasteiger partial charge is 0.378 e. The van der Waals surface area contributed by atoms with Gasteiger partial charge in [0.2, 0.25) is 0 Å². The number of nitrogens with one attached hydrogen (secondary N) is 2. The van der Waals surface area contributed by atoms with Crippen LogP contribution in [-0.4, -0.2) is 84.1 Å². The van der Waals surface area contributed by atoms with Crippen LogP contribution in [0, 0.1) is 0 Å². The fourth-order valence-electron chi connectivity index (χ4n) is 3.02. The number of nitrogens with zero attached hydrogens (tertiary/aromatic N) is 4. The van der Waals surface area contributed by atoms with Crippen molar-refractivity contribution in [2.75, 3.05) is 52.6 Å². The SMILES string of the molecule is S=C(N/N=C1/CCCC/C1=N/NC(=S)N1CCOCC1)N1CCOCC1. The predicted octanol–water partition coefficient (Wildman–Crippen LogP) is 0.686. The third-order valence-corrected chi connectivity index (χ3v) is 5.28. The second-order valence-corrected chi connectivity index (χ2v) is 7.13. The van der Waals surface area contributed by atoms with Crippen molar-refractivity contribution in [1.29, 1.82) is 0 Å². The van der Waals surface area contributed by atoms with E-state index >= 15 is 0 Å². The second kappa shape index (κ2) is 10.1. The van der Waals surface area contributed by atoms with Gasteiger partial charge in [-0.3, -0.25) is 10.9 Å².